The van der Waals surface area contributed by atoms with Crippen LogP contribution < -0.4 is 10.6 Å². The minimum Gasteiger partial charge on any atom is -0.368 e. The fourth-order valence-electron chi connectivity index (χ4n) is 1.23. The van der Waals surface area contributed by atoms with Crippen molar-refractivity contribution in [3.05, 3.63) is 36.7 Å². The van der Waals surface area contributed by atoms with E-state index in [4.69, 9.17) is 5.73 Å². The van der Waals surface area contributed by atoms with E-state index in [0.717, 1.165) is 5.69 Å². The van der Waals surface area contributed by atoms with E-state index in [1.165, 1.54) is 6.33 Å². The lowest BCUT2D eigenvalue weighted by atomic mass is 10.3. The quantitative estimate of drug-likeness (QED) is 0.791. The molecule has 1 aromatic carbocycles. The van der Waals surface area contributed by atoms with Gasteiger partial charge in [-0.3, -0.25) is 0 Å². The number of nitrogens with two attached hydrogens (primary N) is 1. The molecule has 0 aliphatic rings. The number of benzene rings is 1. The van der Waals surface area contributed by atoms with E-state index in [1.807, 2.05) is 42.3 Å². The molecule has 2 N–H and O–H groups in total. The van der Waals surface area contributed by atoms with E-state index in [2.05, 4.69) is 15.0 Å². The maximum atomic E-state index is 5.49. The maximum Gasteiger partial charge on any atom is 0.234 e. The van der Waals surface area contributed by atoms with Gasteiger partial charge in [0.2, 0.25) is 11.9 Å². The Labute approximate surface area is 87.6 Å². The second-order valence-electron chi connectivity index (χ2n) is 3.04. The maximum absolute atomic E-state index is 5.49. The van der Waals surface area contributed by atoms with E-state index in [-0.39, 0.29) is 5.95 Å². The van der Waals surface area contributed by atoms with Crippen molar-refractivity contribution in [1.29, 1.82) is 0 Å². The summed E-state index contributed by atoms with van der Waals surface area (Å²) in [6.45, 7) is 0. The first-order valence-electron chi connectivity index (χ1n) is 4.50. The molecule has 5 nitrogen and oxygen atoms in total. The van der Waals surface area contributed by atoms with Gasteiger partial charge in [-0.2, -0.15) is 4.98 Å². The Kier molecular flexibility index (Phi) is 2.45. The fourth-order valence-corrected chi connectivity index (χ4v) is 1.23. The van der Waals surface area contributed by atoms with Crippen LogP contribution >= 0.6 is 0 Å². The van der Waals surface area contributed by atoms with Crippen LogP contribution in [0.15, 0.2) is 36.7 Å². The molecule has 5 heteroatoms. The summed E-state index contributed by atoms with van der Waals surface area (Å²) in [6.07, 6.45) is 1.40. The molecular formula is C10H11N5. The van der Waals surface area contributed by atoms with E-state index >= 15 is 0 Å². The first-order chi connectivity index (χ1) is 7.27. The lowest BCUT2D eigenvalue weighted by molar-refractivity contribution is 0.995. The molecule has 0 fully saturated rings. The number of nitrogens with zero attached hydrogens (tertiary/aromatic N) is 4. The number of aromatic nitrogens is 3. The molecule has 2 aromatic rings. The predicted molar refractivity (Wildman–Crippen MR) is 58.7 cm³/mol. The molecule has 0 spiro atoms. The Bertz CT molecular complexity index is 443. The van der Waals surface area contributed by atoms with Gasteiger partial charge in [0.25, 0.3) is 0 Å². The van der Waals surface area contributed by atoms with Crippen LogP contribution in [0.1, 0.15) is 0 Å². The van der Waals surface area contributed by atoms with Gasteiger partial charge in [-0.05, 0) is 12.1 Å². The van der Waals surface area contributed by atoms with E-state index in [0.29, 0.717) is 5.95 Å². The molecule has 0 bridgehead atoms. The molecule has 0 atom stereocenters. The molecule has 15 heavy (non-hydrogen) atoms. The zero-order valence-electron chi connectivity index (χ0n) is 8.33. The highest BCUT2D eigenvalue weighted by Gasteiger charge is 2.06. The van der Waals surface area contributed by atoms with Gasteiger partial charge in [-0.25, -0.2) is 9.97 Å². The Hall–Kier alpha value is -2.17. The van der Waals surface area contributed by atoms with Crippen LogP contribution in [0.5, 0.6) is 0 Å². The number of nitrogen functional groups attached to an aromatic ring is 1. The topological polar surface area (TPSA) is 67.9 Å². The monoisotopic (exact) mass is 201 g/mol. The van der Waals surface area contributed by atoms with Crippen LogP contribution in [0.4, 0.5) is 17.6 Å². The van der Waals surface area contributed by atoms with Gasteiger partial charge in [0.15, 0.2) is 0 Å². The van der Waals surface area contributed by atoms with Gasteiger partial charge in [0.05, 0.1) is 0 Å². The molecule has 1 aromatic heterocycles. The molecule has 0 radical (unpaired) electrons. The minimum atomic E-state index is 0.225. The highest BCUT2D eigenvalue weighted by atomic mass is 15.3. The Morgan fingerprint density at radius 1 is 1.13 bits per heavy atom. The molecule has 0 aliphatic heterocycles. The van der Waals surface area contributed by atoms with Crippen LogP contribution in [0.3, 0.4) is 0 Å². The van der Waals surface area contributed by atoms with Gasteiger partial charge >= 0.3 is 0 Å². The van der Waals surface area contributed by atoms with E-state index in [1.54, 1.807) is 0 Å². The van der Waals surface area contributed by atoms with Crippen LogP contribution in [-0.4, -0.2) is 22.0 Å². The smallest absolute Gasteiger partial charge is 0.234 e. The lowest BCUT2D eigenvalue weighted by Crippen LogP contribution is -2.14. The summed E-state index contributed by atoms with van der Waals surface area (Å²) >= 11 is 0. The third-order valence-corrected chi connectivity index (χ3v) is 2.02. The fraction of sp³-hybridized carbons (Fsp3) is 0.100. The van der Waals surface area contributed by atoms with Gasteiger partial charge in [0, 0.05) is 12.7 Å². The first kappa shape index (κ1) is 9.39. The number of hydrogen-bond donors (Lipinski definition) is 1. The lowest BCUT2D eigenvalue weighted by Gasteiger charge is -2.16. The van der Waals surface area contributed by atoms with Crippen molar-refractivity contribution in [3.63, 3.8) is 0 Å². The number of para-hydroxylation sites is 1. The highest BCUT2D eigenvalue weighted by molar-refractivity contribution is 5.56. The molecule has 0 saturated carbocycles. The SMILES string of the molecule is CN(c1ccccc1)c1ncnc(N)n1. The van der Waals surface area contributed by atoms with Crippen molar-refractivity contribution < 1.29 is 0 Å². The van der Waals surface area contributed by atoms with Crippen LogP contribution in [0.25, 0.3) is 0 Å². The Morgan fingerprint density at radius 3 is 2.53 bits per heavy atom. The van der Waals surface area contributed by atoms with Crippen molar-refractivity contribution in [3.8, 4) is 0 Å². The summed E-state index contributed by atoms with van der Waals surface area (Å²) in [4.78, 5) is 13.7. The summed E-state index contributed by atoms with van der Waals surface area (Å²) in [5, 5.41) is 0. The molecule has 0 aliphatic carbocycles. The zero-order valence-corrected chi connectivity index (χ0v) is 8.33. The van der Waals surface area contributed by atoms with E-state index in [9.17, 15) is 0 Å². The van der Waals surface area contributed by atoms with Crippen molar-refractivity contribution in [2.24, 2.45) is 0 Å². The number of rotatable bonds is 2. The average Bonchev–Trinajstić information content (AvgIpc) is 2.29. The van der Waals surface area contributed by atoms with Gasteiger partial charge in [-0.1, -0.05) is 18.2 Å². The highest BCUT2D eigenvalue weighted by Crippen LogP contribution is 2.18. The summed E-state index contributed by atoms with van der Waals surface area (Å²) in [6, 6.07) is 9.81. The normalized spacial score (nSPS) is 9.93. The third kappa shape index (κ3) is 2.01. The third-order valence-electron chi connectivity index (χ3n) is 2.02. The summed E-state index contributed by atoms with van der Waals surface area (Å²) in [5.41, 5.74) is 6.49. The van der Waals surface area contributed by atoms with Crippen molar-refractivity contribution >= 4 is 17.6 Å². The molecular weight excluding hydrogens is 190 g/mol. The second kappa shape index (κ2) is 3.91. The molecule has 1 heterocycles. The van der Waals surface area contributed by atoms with Gasteiger partial charge in [-0.15, -0.1) is 0 Å². The number of anilines is 3. The van der Waals surface area contributed by atoms with Crippen molar-refractivity contribution in [2.75, 3.05) is 17.7 Å². The van der Waals surface area contributed by atoms with Crippen LogP contribution in [0.2, 0.25) is 0 Å². The van der Waals surface area contributed by atoms with Crippen LogP contribution in [-0.2, 0) is 0 Å². The van der Waals surface area contributed by atoms with Gasteiger partial charge < -0.3 is 10.6 Å². The Balaban J connectivity index is 2.32. The molecule has 0 unspecified atom stereocenters. The Morgan fingerprint density at radius 2 is 1.87 bits per heavy atom. The molecule has 0 amide bonds. The summed E-state index contributed by atoms with van der Waals surface area (Å²) < 4.78 is 0. The summed E-state index contributed by atoms with van der Waals surface area (Å²) in [7, 11) is 1.88. The first-order valence-corrected chi connectivity index (χ1v) is 4.50. The largest absolute Gasteiger partial charge is 0.368 e. The number of hydrogen-bond acceptors (Lipinski definition) is 5. The second-order valence-corrected chi connectivity index (χ2v) is 3.04. The minimum absolute atomic E-state index is 0.225. The van der Waals surface area contributed by atoms with Gasteiger partial charge in [0.1, 0.15) is 6.33 Å². The predicted octanol–water partition coefficient (Wildman–Crippen LogP) is 1.22. The van der Waals surface area contributed by atoms with E-state index < -0.39 is 0 Å². The molecule has 0 saturated heterocycles. The summed E-state index contributed by atoms with van der Waals surface area (Å²) in [5.74, 6) is 0.761. The van der Waals surface area contributed by atoms with Crippen molar-refractivity contribution in [1.82, 2.24) is 15.0 Å². The average molecular weight is 201 g/mol. The standard InChI is InChI=1S/C10H11N5/c1-15(8-5-3-2-4-6-8)10-13-7-12-9(11)14-10/h2-7H,1H3,(H2,11,12,13,14). The molecule has 76 valence electrons. The van der Waals surface area contributed by atoms with Crippen LogP contribution in [0, 0.1) is 0 Å². The van der Waals surface area contributed by atoms with Crippen molar-refractivity contribution in [2.45, 2.75) is 0 Å². The molecule has 2 rings (SSSR count). The zero-order chi connectivity index (χ0) is 10.7.